The minimum atomic E-state index is -0.690. The predicted octanol–water partition coefficient (Wildman–Crippen LogP) is 3.88. The number of fused-ring (bicyclic) bond motifs is 1. The maximum absolute atomic E-state index is 12.8. The fraction of sp³-hybridized carbons (Fsp3) is 0.440. The van der Waals surface area contributed by atoms with Gasteiger partial charge in [0, 0.05) is 13.2 Å². The summed E-state index contributed by atoms with van der Waals surface area (Å²) in [6.45, 7) is 2.93. The van der Waals surface area contributed by atoms with Gasteiger partial charge in [-0.25, -0.2) is 0 Å². The van der Waals surface area contributed by atoms with Crippen LogP contribution in [0.1, 0.15) is 54.1 Å². The first kappa shape index (κ1) is 21.4. The normalized spacial score (nSPS) is 18.7. The van der Waals surface area contributed by atoms with E-state index >= 15 is 0 Å². The third kappa shape index (κ3) is 5.44. The van der Waals surface area contributed by atoms with Gasteiger partial charge in [-0.05, 0) is 80.8 Å². The summed E-state index contributed by atoms with van der Waals surface area (Å²) in [4.78, 5) is 25.4. The zero-order valence-electron chi connectivity index (χ0n) is 18.0. The monoisotopic (exact) mass is 422 g/mol. The van der Waals surface area contributed by atoms with Gasteiger partial charge in [-0.15, -0.1) is 0 Å². The molecule has 2 atom stereocenters. The van der Waals surface area contributed by atoms with E-state index in [-0.39, 0.29) is 17.9 Å². The second-order valence-electron chi connectivity index (χ2n) is 8.28. The molecule has 2 aromatic carbocycles. The zero-order valence-corrected chi connectivity index (χ0v) is 18.0. The minimum Gasteiger partial charge on any atom is -0.481 e. The van der Waals surface area contributed by atoms with Crippen LogP contribution >= 0.6 is 0 Å². The molecule has 0 spiro atoms. The molecule has 0 aromatic heterocycles. The maximum atomic E-state index is 12.8. The standard InChI is InChI=1S/C25H30N2O4/c1-17(31-20-13-12-18-7-2-3-8-19(18)15-20)24(28)27-23-11-5-4-10-22(23)25(29)26-16-21-9-6-14-30-21/h4-5,10-13,15,17,21H,2-3,6-9,14,16H2,1H3,(H,26,29)(H,27,28)/t17-,21-/m1/s1. The lowest BCUT2D eigenvalue weighted by atomic mass is 9.92. The summed E-state index contributed by atoms with van der Waals surface area (Å²) in [5, 5.41) is 5.75. The van der Waals surface area contributed by atoms with Crippen LogP contribution in [0.5, 0.6) is 5.75 Å². The van der Waals surface area contributed by atoms with Crippen molar-refractivity contribution in [2.45, 2.75) is 57.7 Å². The maximum Gasteiger partial charge on any atom is 0.265 e. The van der Waals surface area contributed by atoms with Crippen molar-refractivity contribution in [2.24, 2.45) is 0 Å². The van der Waals surface area contributed by atoms with E-state index in [1.165, 1.54) is 24.0 Å². The molecule has 1 aliphatic heterocycles. The highest BCUT2D eigenvalue weighted by Crippen LogP contribution is 2.26. The molecule has 2 aromatic rings. The Morgan fingerprint density at radius 2 is 1.90 bits per heavy atom. The Bertz CT molecular complexity index is 937. The zero-order chi connectivity index (χ0) is 21.6. The highest BCUT2D eigenvalue weighted by atomic mass is 16.5. The molecule has 1 heterocycles. The molecule has 31 heavy (non-hydrogen) atoms. The average Bonchev–Trinajstić information content (AvgIpc) is 3.31. The molecule has 1 fully saturated rings. The first-order valence-corrected chi connectivity index (χ1v) is 11.2. The Balaban J connectivity index is 1.37. The van der Waals surface area contributed by atoms with Gasteiger partial charge >= 0.3 is 0 Å². The number of para-hydroxylation sites is 1. The SMILES string of the molecule is C[C@@H](Oc1ccc2c(c1)CCCC2)C(=O)Nc1ccccc1C(=O)NC[C@H]1CCCO1. The quantitative estimate of drug-likeness (QED) is 0.710. The van der Waals surface area contributed by atoms with Crippen LogP contribution in [0.3, 0.4) is 0 Å². The van der Waals surface area contributed by atoms with Gasteiger partial charge < -0.3 is 20.1 Å². The number of ether oxygens (including phenoxy) is 2. The van der Waals surface area contributed by atoms with Gasteiger partial charge in [0.05, 0.1) is 17.4 Å². The number of aryl methyl sites for hydroxylation is 2. The van der Waals surface area contributed by atoms with Crippen molar-refractivity contribution in [1.29, 1.82) is 0 Å². The number of nitrogens with one attached hydrogen (secondary N) is 2. The molecular weight excluding hydrogens is 392 g/mol. The van der Waals surface area contributed by atoms with Crippen molar-refractivity contribution in [3.8, 4) is 5.75 Å². The van der Waals surface area contributed by atoms with Crippen LogP contribution in [0.15, 0.2) is 42.5 Å². The van der Waals surface area contributed by atoms with E-state index in [4.69, 9.17) is 9.47 Å². The van der Waals surface area contributed by atoms with Crippen molar-refractivity contribution >= 4 is 17.5 Å². The number of hydrogen-bond donors (Lipinski definition) is 2. The third-order valence-electron chi connectivity index (χ3n) is 5.95. The number of hydrogen-bond acceptors (Lipinski definition) is 4. The molecule has 6 heteroatoms. The van der Waals surface area contributed by atoms with Gasteiger partial charge in [-0.2, -0.15) is 0 Å². The first-order valence-electron chi connectivity index (χ1n) is 11.2. The van der Waals surface area contributed by atoms with Crippen LogP contribution in [0.2, 0.25) is 0 Å². The summed E-state index contributed by atoms with van der Waals surface area (Å²) in [6, 6.07) is 13.1. The van der Waals surface area contributed by atoms with Crippen molar-refractivity contribution < 1.29 is 19.1 Å². The molecule has 2 aliphatic rings. The summed E-state index contributed by atoms with van der Waals surface area (Å²) < 4.78 is 11.5. The lowest BCUT2D eigenvalue weighted by Gasteiger charge is -2.19. The lowest BCUT2D eigenvalue weighted by Crippen LogP contribution is -2.34. The smallest absolute Gasteiger partial charge is 0.265 e. The van der Waals surface area contributed by atoms with Crippen molar-refractivity contribution in [3.63, 3.8) is 0 Å². The van der Waals surface area contributed by atoms with Crippen molar-refractivity contribution in [1.82, 2.24) is 5.32 Å². The van der Waals surface area contributed by atoms with E-state index in [0.29, 0.717) is 23.5 Å². The second kappa shape index (κ2) is 9.96. The minimum absolute atomic E-state index is 0.0655. The highest BCUT2D eigenvalue weighted by molar-refractivity contribution is 6.04. The molecule has 0 saturated carbocycles. The molecule has 1 aliphatic carbocycles. The van der Waals surface area contributed by atoms with Gasteiger partial charge in [-0.1, -0.05) is 18.2 Å². The van der Waals surface area contributed by atoms with Crippen molar-refractivity contribution in [3.05, 3.63) is 59.2 Å². The van der Waals surface area contributed by atoms with Crippen LogP contribution in [0.25, 0.3) is 0 Å². The van der Waals surface area contributed by atoms with Crippen LogP contribution in [-0.4, -0.2) is 37.2 Å². The largest absolute Gasteiger partial charge is 0.481 e. The summed E-state index contributed by atoms with van der Waals surface area (Å²) in [5.41, 5.74) is 3.58. The van der Waals surface area contributed by atoms with Crippen LogP contribution < -0.4 is 15.4 Å². The second-order valence-corrected chi connectivity index (χ2v) is 8.28. The van der Waals surface area contributed by atoms with E-state index in [0.717, 1.165) is 32.3 Å². The number of benzene rings is 2. The molecular formula is C25H30N2O4. The highest BCUT2D eigenvalue weighted by Gasteiger charge is 2.21. The first-order chi connectivity index (χ1) is 15.1. The van der Waals surface area contributed by atoms with Crippen molar-refractivity contribution in [2.75, 3.05) is 18.5 Å². The van der Waals surface area contributed by atoms with Crippen LogP contribution in [0, 0.1) is 0 Å². The molecule has 0 radical (unpaired) electrons. The third-order valence-corrected chi connectivity index (χ3v) is 5.95. The predicted molar refractivity (Wildman–Crippen MR) is 120 cm³/mol. The number of carbonyl (C=O) groups is 2. The topological polar surface area (TPSA) is 76.7 Å². The van der Waals surface area contributed by atoms with Gasteiger partial charge in [0.25, 0.3) is 11.8 Å². The molecule has 6 nitrogen and oxygen atoms in total. The number of anilines is 1. The number of carbonyl (C=O) groups excluding carboxylic acids is 2. The Morgan fingerprint density at radius 1 is 1.10 bits per heavy atom. The Labute approximate surface area is 183 Å². The molecule has 164 valence electrons. The summed E-state index contributed by atoms with van der Waals surface area (Å²) in [5.74, 6) is 0.178. The fourth-order valence-corrected chi connectivity index (χ4v) is 4.17. The molecule has 0 unspecified atom stereocenters. The lowest BCUT2D eigenvalue weighted by molar-refractivity contribution is -0.122. The molecule has 4 rings (SSSR count). The Hall–Kier alpha value is -2.86. The number of amides is 2. The number of rotatable bonds is 7. The van der Waals surface area contributed by atoms with Gasteiger partial charge in [0.15, 0.2) is 6.10 Å². The summed E-state index contributed by atoms with van der Waals surface area (Å²) in [7, 11) is 0. The van der Waals surface area contributed by atoms with E-state index in [9.17, 15) is 9.59 Å². The summed E-state index contributed by atoms with van der Waals surface area (Å²) in [6.07, 6.45) is 5.94. The van der Waals surface area contributed by atoms with Crippen LogP contribution in [0.4, 0.5) is 5.69 Å². The molecule has 2 N–H and O–H groups in total. The fourth-order valence-electron chi connectivity index (χ4n) is 4.17. The van der Waals surface area contributed by atoms with Gasteiger partial charge in [0.1, 0.15) is 5.75 Å². The van der Waals surface area contributed by atoms with E-state index in [2.05, 4.69) is 16.7 Å². The van der Waals surface area contributed by atoms with E-state index in [1.807, 2.05) is 12.1 Å². The van der Waals surface area contributed by atoms with E-state index in [1.54, 1.807) is 31.2 Å². The van der Waals surface area contributed by atoms with Gasteiger partial charge in [-0.3, -0.25) is 9.59 Å². The molecule has 0 bridgehead atoms. The average molecular weight is 423 g/mol. The molecule has 1 saturated heterocycles. The molecule has 2 amide bonds. The summed E-state index contributed by atoms with van der Waals surface area (Å²) >= 11 is 0. The van der Waals surface area contributed by atoms with Crippen LogP contribution in [-0.2, 0) is 22.4 Å². The Morgan fingerprint density at radius 3 is 2.71 bits per heavy atom. The van der Waals surface area contributed by atoms with E-state index < -0.39 is 6.10 Å². The van der Waals surface area contributed by atoms with Gasteiger partial charge in [0.2, 0.25) is 0 Å². The Kier molecular flexibility index (Phi) is 6.87.